The lowest BCUT2D eigenvalue weighted by Gasteiger charge is -2.16. The Morgan fingerprint density at radius 1 is 0.975 bits per heavy atom. The van der Waals surface area contributed by atoms with Crippen molar-refractivity contribution in [2.75, 3.05) is 0 Å². The van der Waals surface area contributed by atoms with Gasteiger partial charge in [-0.05, 0) is 70.9 Å². The molecule has 0 spiro atoms. The number of rotatable bonds is 7. The Morgan fingerprint density at radius 2 is 1.77 bits per heavy atom. The number of H-pyrrole nitrogens is 1. The summed E-state index contributed by atoms with van der Waals surface area (Å²) < 4.78 is 15.2. The van der Waals surface area contributed by atoms with Gasteiger partial charge in [0.25, 0.3) is 0 Å². The summed E-state index contributed by atoms with van der Waals surface area (Å²) in [5, 5.41) is 21.2. The maximum atomic E-state index is 13.6. The van der Waals surface area contributed by atoms with Gasteiger partial charge >= 0.3 is 0 Å². The molecule has 8 nitrogen and oxygen atoms in total. The number of benzene rings is 3. The first-order valence-corrected chi connectivity index (χ1v) is 12.7. The molecule has 0 aliphatic heterocycles. The summed E-state index contributed by atoms with van der Waals surface area (Å²) >= 11 is 6.32. The van der Waals surface area contributed by atoms with Crippen LogP contribution in [0, 0.1) is 17.1 Å². The number of tetrazole rings is 1. The van der Waals surface area contributed by atoms with Crippen LogP contribution in [0.2, 0.25) is 5.02 Å². The fourth-order valence-electron chi connectivity index (χ4n) is 4.56. The van der Waals surface area contributed by atoms with E-state index in [2.05, 4.69) is 26.6 Å². The Bertz CT molecular complexity index is 1790. The summed E-state index contributed by atoms with van der Waals surface area (Å²) in [6, 6.07) is 25.3. The molecular weight excluding hydrogens is 527 g/mol. The second-order valence-corrected chi connectivity index (χ2v) is 9.57. The number of nitrogens with zero attached hydrogens (tertiary/aromatic N) is 7. The van der Waals surface area contributed by atoms with Crippen LogP contribution < -0.4 is 0 Å². The van der Waals surface area contributed by atoms with Gasteiger partial charge in [0.2, 0.25) is 0 Å². The van der Waals surface area contributed by atoms with Crippen molar-refractivity contribution in [1.82, 2.24) is 35.2 Å². The van der Waals surface area contributed by atoms with Gasteiger partial charge in [0.15, 0.2) is 0 Å². The van der Waals surface area contributed by atoms with Gasteiger partial charge < -0.3 is 4.98 Å². The van der Waals surface area contributed by atoms with Gasteiger partial charge in [0, 0.05) is 34.1 Å². The van der Waals surface area contributed by atoms with Gasteiger partial charge in [-0.15, -0.1) is 5.10 Å². The van der Waals surface area contributed by atoms with Gasteiger partial charge in [0.05, 0.1) is 34.6 Å². The highest BCUT2D eigenvalue weighted by Crippen LogP contribution is 2.32. The van der Waals surface area contributed by atoms with Crippen molar-refractivity contribution < 1.29 is 4.39 Å². The highest BCUT2D eigenvalue weighted by atomic mass is 35.5. The predicted molar refractivity (Wildman–Crippen MR) is 148 cm³/mol. The van der Waals surface area contributed by atoms with Crippen LogP contribution in [0.4, 0.5) is 4.39 Å². The number of halogens is 2. The molecule has 6 aromatic rings. The summed E-state index contributed by atoms with van der Waals surface area (Å²) in [7, 11) is 0. The molecule has 0 saturated carbocycles. The molecule has 3 aromatic heterocycles. The van der Waals surface area contributed by atoms with E-state index < -0.39 is 0 Å². The Hall–Kier alpha value is -5.20. The molecule has 6 rings (SSSR count). The minimum Gasteiger partial charge on any atom is -0.347 e. The van der Waals surface area contributed by atoms with Crippen LogP contribution in [0.3, 0.4) is 0 Å². The average Bonchev–Trinajstić information content (AvgIpc) is 3.70. The zero-order valence-corrected chi connectivity index (χ0v) is 21.7. The minimum absolute atomic E-state index is 0.231. The predicted octanol–water partition coefficient (Wildman–Crippen LogP) is 6.15. The number of aromatic nitrogens is 7. The SMILES string of the molecule is N#Cc1ccc(-c2c[nH]c(C(Cc3ccc(F)cc3)c3ccc(-c4cc(Cl)ccc4-n4cnnn4)cn3)n2)cc1. The number of nitrogens with one attached hydrogen (secondary N) is 1. The number of hydrogen-bond donors (Lipinski definition) is 1. The van der Waals surface area contributed by atoms with Gasteiger partial charge in [-0.3, -0.25) is 4.98 Å². The molecule has 194 valence electrons. The molecular formula is C30H20ClFN8. The molecule has 0 fully saturated rings. The molecule has 0 amide bonds. The van der Waals surface area contributed by atoms with E-state index in [1.807, 2.05) is 42.6 Å². The van der Waals surface area contributed by atoms with E-state index in [1.54, 1.807) is 41.2 Å². The van der Waals surface area contributed by atoms with E-state index in [4.69, 9.17) is 26.8 Å². The molecule has 0 aliphatic carbocycles. The third-order valence-corrected chi connectivity index (χ3v) is 6.83. The summed E-state index contributed by atoms with van der Waals surface area (Å²) in [5.74, 6) is 0.204. The quantitative estimate of drug-likeness (QED) is 0.257. The van der Waals surface area contributed by atoms with E-state index >= 15 is 0 Å². The largest absolute Gasteiger partial charge is 0.347 e. The normalized spacial score (nSPS) is 11.7. The third-order valence-electron chi connectivity index (χ3n) is 6.60. The first kappa shape index (κ1) is 25.1. The molecule has 0 saturated heterocycles. The average molecular weight is 547 g/mol. The molecule has 0 bridgehead atoms. The topological polar surface area (TPSA) is 109 Å². The number of aromatic amines is 1. The smallest absolute Gasteiger partial charge is 0.143 e. The van der Waals surface area contributed by atoms with Crippen LogP contribution in [0.25, 0.3) is 28.1 Å². The lowest BCUT2D eigenvalue weighted by molar-refractivity contribution is 0.626. The van der Waals surface area contributed by atoms with E-state index in [0.717, 1.165) is 45.2 Å². The molecule has 1 atom stereocenters. The molecule has 10 heteroatoms. The zero-order valence-electron chi connectivity index (χ0n) is 20.9. The van der Waals surface area contributed by atoms with Crippen molar-refractivity contribution >= 4 is 11.6 Å². The Balaban J connectivity index is 1.37. The summed E-state index contributed by atoms with van der Waals surface area (Å²) in [6.45, 7) is 0. The first-order chi connectivity index (χ1) is 19.6. The summed E-state index contributed by atoms with van der Waals surface area (Å²) in [4.78, 5) is 13.0. The lowest BCUT2D eigenvalue weighted by Crippen LogP contribution is -2.09. The van der Waals surface area contributed by atoms with Gasteiger partial charge in [-0.2, -0.15) is 9.94 Å². The standard InChI is InChI=1S/C30H20ClFN8/c31-23-8-12-29(40-18-36-38-39-40)25(14-23)22-7-11-27(34-16-22)26(13-19-3-9-24(32)10-4-19)30-35-17-28(37-30)21-5-1-20(15-33)2-6-21/h1-12,14,16-18,26H,13H2,(H,35,37). The van der Waals surface area contributed by atoms with E-state index in [0.29, 0.717) is 17.0 Å². The number of hydrogen-bond acceptors (Lipinski definition) is 6. The van der Waals surface area contributed by atoms with Crippen LogP contribution in [0.15, 0.2) is 97.6 Å². The van der Waals surface area contributed by atoms with Crippen molar-refractivity contribution in [3.63, 3.8) is 0 Å². The molecule has 0 aliphatic rings. The minimum atomic E-state index is -0.288. The van der Waals surface area contributed by atoms with Crippen LogP contribution >= 0.6 is 11.6 Å². The maximum Gasteiger partial charge on any atom is 0.143 e. The maximum absolute atomic E-state index is 13.6. The monoisotopic (exact) mass is 546 g/mol. The summed E-state index contributed by atoms with van der Waals surface area (Å²) in [6.07, 6.45) is 5.71. The Morgan fingerprint density at radius 3 is 2.48 bits per heavy atom. The fraction of sp³-hybridized carbons (Fsp3) is 0.0667. The van der Waals surface area contributed by atoms with Crippen LogP contribution in [0.5, 0.6) is 0 Å². The van der Waals surface area contributed by atoms with Gasteiger partial charge in [-0.25, -0.2) is 9.37 Å². The van der Waals surface area contributed by atoms with Crippen LogP contribution in [-0.2, 0) is 6.42 Å². The number of imidazole rings is 1. The molecule has 3 heterocycles. The van der Waals surface area contributed by atoms with Crippen molar-refractivity contribution in [2.45, 2.75) is 12.3 Å². The molecule has 40 heavy (non-hydrogen) atoms. The second kappa shape index (κ2) is 10.9. The number of pyridine rings is 1. The van der Waals surface area contributed by atoms with Crippen molar-refractivity contribution in [2.24, 2.45) is 0 Å². The zero-order chi connectivity index (χ0) is 27.5. The molecule has 1 N–H and O–H groups in total. The van der Waals surface area contributed by atoms with Crippen LogP contribution in [-0.4, -0.2) is 35.2 Å². The third kappa shape index (κ3) is 5.21. The van der Waals surface area contributed by atoms with Gasteiger partial charge in [-0.1, -0.05) is 41.9 Å². The fourth-order valence-corrected chi connectivity index (χ4v) is 4.73. The Kier molecular flexibility index (Phi) is 6.83. The van der Waals surface area contributed by atoms with Gasteiger partial charge in [0.1, 0.15) is 18.0 Å². The molecule has 0 radical (unpaired) electrons. The second-order valence-electron chi connectivity index (χ2n) is 9.13. The highest BCUT2D eigenvalue weighted by molar-refractivity contribution is 6.31. The molecule has 1 unspecified atom stereocenters. The number of nitriles is 1. The first-order valence-electron chi connectivity index (χ1n) is 12.4. The highest BCUT2D eigenvalue weighted by Gasteiger charge is 2.21. The van der Waals surface area contributed by atoms with E-state index in [-0.39, 0.29) is 11.7 Å². The van der Waals surface area contributed by atoms with Crippen molar-refractivity contribution in [3.05, 3.63) is 131 Å². The van der Waals surface area contributed by atoms with Crippen LogP contribution in [0.1, 0.15) is 28.6 Å². The van der Waals surface area contributed by atoms with E-state index in [1.165, 1.54) is 18.5 Å². The van der Waals surface area contributed by atoms with Crippen molar-refractivity contribution in [3.8, 4) is 34.1 Å². The van der Waals surface area contributed by atoms with Crippen molar-refractivity contribution in [1.29, 1.82) is 5.26 Å². The Labute approximate surface area is 233 Å². The lowest BCUT2D eigenvalue weighted by atomic mass is 9.94. The molecule has 3 aromatic carbocycles. The van der Waals surface area contributed by atoms with E-state index in [9.17, 15) is 4.39 Å². The summed E-state index contributed by atoms with van der Waals surface area (Å²) in [5.41, 5.74) is 6.41.